The number of nitrogens with one attached hydrogen (secondary N) is 1. The minimum atomic E-state index is -0.0283. The maximum absolute atomic E-state index is 8.81. The number of methoxy groups -OCH3 is 1. The normalized spacial score (nSPS) is 9.79. The fraction of sp³-hybridized carbons (Fsp3) is 0.0588. The fourth-order valence-electron chi connectivity index (χ4n) is 2.19. The summed E-state index contributed by atoms with van der Waals surface area (Å²) in [4.78, 5) is 8.67. The zero-order valence-corrected chi connectivity index (χ0v) is 12.8. The lowest BCUT2D eigenvalue weighted by Crippen LogP contribution is -1.95. The monoisotopic (exact) mass is 316 g/mol. The van der Waals surface area contributed by atoms with Gasteiger partial charge in [-0.25, -0.2) is 9.97 Å². The van der Waals surface area contributed by atoms with Crippen molar-refractivity contribution in [2.45, 2.75) is 0 Å². The molecular weight excluding hydrogens is 304 g/mol. The molecule has 0 amide bonds. The first kappa shape index (κ1) is 15.1. The lowest BCUT2D eigenvalue weighted by atomic mass is 10.1. The van der Waals surface area contributed by atoms with Crippen molar-refractivity contribution in [1.82, 2.24) is 14.4 Å². The van der Waals surface area contributed by atoms with Gasteiger partial charge in [0.1, 0.15) is 23.5 Å². The molecule has 7 heteroatoms. The minimum absolute atomic E-state index is 0.0283. The van der Waals surface area contributed by atoms with Gasteiger partial charge >= 0.3 is 0 Å². The van der Waals surface area contributed by atoms with Crippen LogP contribution in [0, 0.1) is 22.7 Å². The average molecular weight is 316 g/mol. The SMILES string of the molecule is COc1ccc(-c2cn3cccnc3n2)cc1NC=C(C#N)C#N. The molecule has 0 bridgehead atoms. The van der Waals surface area contributed by atoms with E-state index in [0.717, 1.165) is 11.3 Å². The van der Waals surface area contributed by atoms with Crippen molar-refractivity contribution in [2.75, 3.05) is 12.4 Å². The van der Waals surface area contributed by atoms with Crippen LogP contribution >= 0.6 is 0 Å². The second-order valence-corrected chi connectivity index (χ2v) is 4.79. The first-order chi connectivity index (χ1) is 11.7. The van der Waals surface area contributed by atoms with Gasteiger partial charge in [0.05, 0.1) is 18.5 Å². The third-order valence-electron chi connectivity index (χ3n) is 3.34. The Balaban J connectivity index is 2.01. The van der Waals surface area contributed by atoms with Gasteiger partial charge in [-0.3, -0.25) is 4.40 Å². The van der Waals surface area contributed by atoms with Crippen molar-refractivity contribution in [2.24, 2.45) is 0 Å². The van der Waals surface area contributed by atoms with Gasteiger partial charge in [0.25, 0.3) is 0 Å². The van der Waals surface area contributed by atoms with Crippen LogP contribution in [0.4, 0.5) is 5.69 Å². The predicted octanol–water partition coefficient (Wildman–Crippen LogP) is 2.75. The number of allylic oxidation sites excluding steroid dienone is 1. The second-order valence-electron chi connectivity index (χ2n) is 4.79. The summed E-state index contributed by atoms with van der Waals surface area (Å²) in [6.07, 6.45) is 6.77. The van der Waals surface area contributed by atoms with E-state index in [1.54, 1.807) is 31.5 Å². The topological polar surface area (TPSA) is 99.0 Å². The summed E-state index contributed by atoms with van der Waals surface area (Å²) in [5, 5.41) is 20.6. The number of benzene rings is 1. The summed E-state index contributed by atoms with van der Waals surface area (Å²) < 4.78 is 7.13. The largest absolute Gasteiger partial charge is 0.495 e. The van der Waals surface area contributed by atoms with Gasteiger partial charge in [0.2, 0.25) is 5.78 Å². The number of aromatic nitrogens is 3. The molecule has 0 saturated carbocycles. The Bertz CT molecular complexity index is 957. The molecule has 116 valence electrons. The van der Waals surface area contributed by atoms with Crippen LogP contribution in [0.25, 0.3) is 17.0 Å². The molecule has 0 aliphatic rings. The van der Waals surface area contributed by atoms with Crippen LogP contribution in [0.1, 0.15) is 0 Å². The summed E-state index contributed by atoms with van der Waals surface area (Å²) >= 11 is 0. The quantitative estimate of drug-likeness (QED) is 0.743. The van der Waals surface area contributed by atoms with Crippen molar-refractivity contribution in [3.05, 3.63) is 54.6 Å². The van der Waals surface area contributed by atoms with Crippen molar-refractivity contribution in [3.63, 3.8) is 0 Å². The number of anilines is 1. The Hall–Kier alpha value is -3.84. The fourth-order valence-corrected chi connectivity index (χ4v) is 2.19. The van der Waals surface area contributed by atoms with E-state index in [2.05, 4.69) is 15.3 Å². The average Bonchev–Trinajstić information content (AvgIpc) is 3.06. The van der Waals surface area contributed by atoms with Crippen LogP contribution in [-0.4, -0.2) is 21.5 Å². The molecule has 2 aromatic heterocycles. The van der Waals surface area contributed by atoms with Crippen LogP contribution in [0.15, 0.2) is 54.6 Å². The summed E-state index contributed by atoms with van der Waals surface area (Å²) in [6.45, 7) is 0. The molecule has 7 nitrogen and oxygen atoms in total. The number of imidazole rings is 1. The van der Waals surface area contributed by atoms with Crippen LogP contribution in [-0.2, 0) is 0 Å². The number of nitriles is 2. The van der Waals surface area contributed by atoms with Crippen molar-refractivity contribution in [1.29, 1.82) is 10.5 Å². The van der Waals surface area contributed by atoms with Gasteiger partial charge in [0.15, 0.2) is 0 Å². The number of hydrogen-bond acceptors (Lipinski definition) is 6. The van der Waals surface area contributed by atoms with E-state index in [4.69, 9.17) is 15.3 Å². The standard InChI is InChI=1S/C17H12N6O/c1-24-16-4-3-13(7-14(16)21-10-12(8-18)9-19)15-11-23-6-2-5-20-17(23)22-15/h2-7,10-11,21H,1H3. The predicted molar refractivity (Wildman–Crippen MR) is 87.9 cm³/mol. The number of fused-ring (bicyclic) bond motifs is 1. The molecular formula is C17H12N6O. The molecule has 1 aromatic carbocycles. The van der Waals surface area contributed by atoms with E-state index in [1.165, 1.54) is 6.20 Å². The maximum atomic E-state index is 8.81. The molecule has 0 unspecified atom stereocenters. The lowest BCUT2D eigenvalue weighted by molar-refractivity contribution is 0.417. The molecule has 0 saturated heterocycles. The van der Waals surface area contributed by atoms with E-state index in [-0.39, 0.29) is 5.57 Å². The number of ether oxygens (including phenoxy) is 1. The Kier molecular flexibility index (Phi) is 4.09. The van der Waals surface area contributed by atoms with E-state index >= 15 is 0 Å². The molecule has 0 spiro atoms. The van der Waals surface area contributed by atoms with Crippen molar-refractivity contribution >= 4 is 11.5 Å². The molecule has 0 fully saturated rings. The summed E-state index contributed by atoms with van der Waals surface area (Å²) in [5.74, 6) is 1.20. The highest BCUT2D eigenvalue weighted by Crippen LogP contribution is 2.30. The molecule has 0 atom stereocenters. The Morgan fingerprint density at radius 2 is 2.17 bits per heavy atom. The molecule has 3 rings (SSSR count). The first-order valence-corrected chi connectivity index (χ1v) is 7.00. The van der Waals surface area contributed by atoms with Gasteiger partial charge in [-0.15, -0.1) is 0 Å². The molecule has 0 aliphatic carbocycles. The second kappa shape index (κ2) is 6.51. The highest BCUT2D eigenvalue weighted by Gasteiger charge is 2.09. The Labute approximate surface area is 138 Å². The van der Waals surface area contributed by atoms with Gasteiger partial charge in [-0.05, 0) is 24.3 Å². The minimum Gasteiger partial charge on any atom is -0.495 e. The van der Waals surface area contributed by atoms with E-state index in [0.29, 0.717) is 17.2 Å². The Morgan fingerprint density at radius 3 is 2.88 bits per heavy atom. The highest BCUT2D eigenvalue weighted by atomic mass is 16.5. The lowest BCUT2D eigenvalue weighted by Gasteiger charge is -2.09. The van der Waals surface area contributed by atoms with Crippen LogP contribution in [0.3, 0.4) is 0 Å². The van der Waals surface area contributed by atoms with Crippen LogP contribution in [0.2, 0.25) is 0 Å². The summed E-state index contributed by atoms with van der Waals surface area (Å²) in [6, 6.07) is 10.9. The zero-order chi connectivity index (χ0) is 16.9. The zero-order valence-electron chi connectivity index (χ0n) is 12.8. The molecule has 24 heavy (non-hydrogen) atoms. The van der Waals surface area contributed by atoms with Crippen molar-refractivity contribution in [3.8, 4) is 29.1 Å². The molecule has 1 N–H and O–H groups in total. The highest BCUT2D eigenvalue weighted by molar-refractivity contribution is 5.71. The number of nitrogens with zero attached hydrogens (tertiary/aromatic N) is 5. The van der Waals surface area contributed by atoms with Crippen LogP contribution < -0.4 is 10.1 Å². The number of rotatable bonds is 4. The molecule has 0 radical (unpaired) electrons. The van der Waals surface area contributed by atoms with Crippen LogP contribution in [0.5, 0.6) is 5.75 Å². The smallest absolute Gasteiger partial charge is 0.234 e. The molecule has 2 heterocycles. The van der Waals surface area contributed by atoms with Gasteiger partial charge in [0, 0.05) is 30.4 Å². The molecule has 0 aliphatic heterocycles. The van der Waals surface area contributed by atoms with Gasteiger partial charge in [-0.1, -0.05) is 0 Å². The number of hydrogen-bond donors (Lipinski definition) is 1. The summed E-state index contributed by atoms with van der Waals surface area (Å²) in [5.41, 5.74) is 2.21. The van der Waals surface area contributed by atoms with Gasteiger partial charge < -0.3 is 10.1 Å². The first-order valence-electron chi connectivity index (χ1n) is 7.00. The van der Waals surface area contributed by atoms with E-state index in [1.807, 2.05) is 35.0 Å². The third kappa shape index (κ3) is 2.87. The van der Waals surface area contributed by atoms with E-state index < -0.39 is 0 Å². The molecule has 3 aromatic rings. The Morgan fingerprint density at radius 1 is 1.33 bits per heavy atom. The van der Waals surface area contributed by atoms with Gasteiger partial charge in [-0.2, -0.15) is 10.5 Å². The van der Waals surface area contributed by atoms with Crippen molar-refractivity contribution < 1.29 is 4.74 Å². The van der Waals surface area contributed by atoms with E-state index in [9.17, 15) is 0 Å². The maximum Gasteiger partial charge on any atom is 0.234 e. The summed E-state index contributed by atoms with van der Waals surface area (Å²) in [7, 11) is 1.55. The third-order valence-corrected chi connectivity index (χ3v) is 3.34.